The van der Waals surface area contributed by atoms with Gasteiger partial charge in [-0.2, -0.15) is 0 Å². The van der Waals surface area contributed by atoms with Crippen LogP contribution in [0.1, 0.15) is 18.4 Å². The molecule has 148 valence electrons. The van der Waals surface area contributed by atoms with Gasteiger partial charge in [-0.1, -0.05) is 30.3 Å². The Hall–Kier alpha value is -2.80. The summed E-state index contributed by atoms with van der Waals surface area (Å²) in [6, 6.07) is 12.6. The molecule has 1 fully saturated rings. The monoisotopic (exact) mass is 387 g/mol. The molecule has 0 radical (unpaired) electrons. The number of benzene rings is 2. The van der Waals surface area contributed by atoms with E-state index in [4.69, 9.17) is 0 Å². The second-order valence-corrected chi connectivity index (χ2v) is 6.93. The number of rotatable bonds is 6. The third kappa shape index (κ3) is 5.60. The van der Waals surface area contributed by atoms with E-state index >= 15 is 0 Å². The highest BCUT2D eigenvalue weighted by Gasteiger charge is 2.25. The fourth-order valence-electron chi connectivity index (χ4n) is 3.27. The molecule has 0 bridgehead atoms. The number of carbonyl (C=O) groups excluding carboxylic acids is 2. The minimum Gasteiger partial charge on any atom is -0.352 e. The number of anilines is 1. The van der Waals surface area contributed by atoms with Crippen LogP contribution in [0.5, 0.6) is 0 Å². The molecule has 2 amide bonds. The van der Waals surface area contributed by atoms with Crippen molar-refractivity contribution in [1.29, 1.82) is 0 Å². The lowest BCUT2D eigenvalue weighted by molar-refractivity contribution is -0.126. The first kappa shape index (κ1) is 19.9. The van der Waals surface area contributed by atoms with Crippen molar-refractivity contribution in [3.8, 4) is 0 Å². The van der Waals surface area contributed by atoms with Crippen molar-refractivity contribution in [2.24, 2.45) is 5.92 Å². The predicted octanol–water partition coefficient (Wildman–Crippen LogP) is 2.93. The maximum absolute atomic E-state index is 13.6. The van der Waals surface area contributed by atoms with Crippen LogP contribution in [0.15, 0.2) is 48.5 Å². The predicted molar refractivity (Wildman–Crippen MR) is 102 cm³/mol. The smallest absolute Gasteiger partial charge is 0.238 e. The van der Waals surface area contributed by atoms with Gasteiger partial charge in [0.2, 0.25) is 11.8 Å². The fourth-order valence-corrected chi connectivity index (χ4v) is 3.27. The molecule has 5 nitrogen and oxygen atoms in total. The van der Waals surface area contributed by atoms with E-state index in [9.17, 15) is 18.4 Å². The molecule has 0 saturated carbocycles. The molecule has 1 heterocycles. The number of amides is 2. The summed E-state index contributed by atoms with van der Waals surface area (Å²) in [5.41, 5.74) is 0.884. The highest BCUT2D eigenvalue weighted by atomic mass is 19.1. The van der Waals surface area contributed by atoms with Gasteiger partial charge in [-0.3, -0.25) is 14.5 Å². The lowest BCUT2D eigenvalue weighted by atomic mass is 9.96. The zero-order valence-corrected chi connectivity index (χ0v) is 15.5. The summed E-state index contributed by atoms with van der Waals surface area (Å²) in [4.78, 5) is 26.3. The minimum absolute atomic E-state index is 0.0230. The van der Waals surface area contributed by atoms with E-state index in [1.807, 2.05) is 35.2 Å². The maximum atomic E-state index is 13.6. The molecule has 0 atom stereocenters. The lowest BCUT2D eigenvalue weighted by Crippen LogP contribution is -2.43. The Labute approximate surface area is 162 Å². The number of carbonyl (C=O) groups is 2. The zero-order chi connectivity index (χ0) is 19.9. The lowest BCUT2D eigenvalue weighted by Gasteiger charge is -2.30. The average molecular weight is 387 g/mol. The van der Waals surface area contributed by atoms with Gasteiger partial charge in [0.25, 0.3) is 0 Å². The van der Waals surface area contributed by atoms with E-state index in [-0.39, 0.29) is 24.1 Å². The van der Waals surface area contributed by atoms with Crippen LogP contribution in [0.2, 0.25) is 0 Å². The SMILES string of the molecule is O=C(CN1CCC(C(=O)NCc2ccccc2)CC1)Nc1cc(F)ccc1F. The van der Waals surface area contributed by atoms with Crippen LogP contribution in [0.4, 0.5) is 14.5 Å². The Bertz CT molecular complexity index is 822. The van der Waals surface area contributed by atoms with Gasteiger partial charge in [0.15, 0.2) is 0 Å². The van der Waals surface area contributed by atoms with Gasteiger partial charge in [-0.05, 0) is 43.6 Å². The molecule has 0 aromatic heterocycles. The number of likely N-dealkylation sites (tertiary alicyclic amines) is 1. The number of halogens is 2. The Balaban J connectivity index is 1.41. The van der Waals surface area contributed by atoms with E-state index in [1.54, 1.807) is 0 Å². The Morgan fingerprint density at radius 1 is 1.04 bits per heavy atom. The van der Waals surface area contributed by atoms with Crippen LogP contribution in [-0.2, 0) is 16.1 Å². The third-order valence-electron chi connectivity index (χ3n) is 4.84. The highest BCUT2D eigenvalue weighted by molar-refractivity contribution is 5.92. The summed E-state index contributed by atoms with van der Waals surface area (Å²) < 4.78 is 26.8. The van der Waals surface area contributed by atoms with Crippen molar-refractivity contribution in [3.05, 3.63) is 65.7 Å². The Morgan fingerprint density at radius 3 is 2.46 bits per heavy atom. The molecule has 7 heteroatoms. The van der Waals surface area contributed by atoms with E-state index < -0.39 is 17.5 Å². The third-order valence-corrected chi connectivity index (χ3v) is 4.84. The highest BCUT2D eigenvalue weighted by Crippen LogP contribution is 2.19. The van der Waals surface area contributed by atoms with Gasteiger partial charge in [0.05, 0.1) is 12.2 Å². The molecule has 0 aliphatic carbocycles. The van der Waals surface area contributed by atoms with Gasteiger partial charge in [-0.15, -0.1) is 0 Å². The summed E-state index contributed by atoms with van der Waals surface area (Å²) in [6.07, 6.45) is 1.31. The van der Waals surface area contributed by atoms with Crippen LogP contribution in [0, 0.1) is 17.6 Å². The molecule has 1 aliphatic rings. The summed E-state index contributed by atoms with van der Waals surface area (Å²) in [6.45, 7) is 1.78. The minimum atomic E-state index is -0.677. The molecule has 0 unspecified atom stereocenters. The first-order valence-corrected chi connectivity index (χ1v) is 9.30. The Morgan fingerprint density at radius 2 is 1.75 bits per heavy atom. The Kier molecular flexibility index (Phi) is 6.71. The molecule has 2 aromatic rings. The van der Waals surface area contributed by atoms with Crippen molar-refractivity contribution in [3.63, 3.8) is 0 Å². The number of nitrogens with zero attached hydrogens (tertiary/aromatic N) is 1. The number of nitrogens with one attached hydrogen (secondary N) is 2. The van der Waals surface area contributed by atoms with Crippen LogP contribution in [-0.4, -0.2) is 36.3 Å². The van der Waals surface area contributed by atoms with E-state index in [0.717, 1.165) is 23.8 Å². The molecule has 28 heavy (non-hydrogen) atoms. The van der Waals surface area contributed by atoms with Crippen molar-refractivity contribution >= 4 is 17.5 Å². The summed E-state index contributed by atoms with van der Waals surface area (Å²) >= 11 is 0. The largest absolute Gasteiger partial charge is 0.352 e. The fraction of sp³-hybridized carbons (Fsp3) is 0.333. The van der Waals surface area contributed by atoms with Crippen LogP contribution >= 0.6 is 0 Å². The topological polar surface area (TPSA) is 61.4 Å². The van der Waals surface area contributed by atoms with Gasteiger partial charge >= 0.3 is 0 Å². The molecule has 3 rings (SSSR count). The molecule has 2 aromatic carbocycles. The molecule has 1 saturated heterocycles. The van der Waals surface area contributed by atoms with Crippen molar-refractivity contribution in [2.45, 2.75) is 19.4 Å². The summed E-state index contributed by atoms with van der Waals surface area (Å²) in [5, 5.41) is 5.35. The van der Waals surface area contributed by atoms with E-state index in [0.29, 0.717) is 32.5 Å². The maximum Gasteiger partial charge on any atom is 0.238 e. The van der Waals surface area contributed by atoms with Gasteiger partial charge < -0.3 is 10.6 Å². The average Bonchev–Trinajstić information content (AvgIpc) is 2.70. The second-order valence-electron chi connectivity index (χ2n) is 6.93. The van der Waals surface area contributed by atoms with Gasteiger partial charge in [-0.25, -0.2) is 8.78 Å². The van der Waals surface area contributed by atoms with Crippen LogP contribution < -0.4 is 10.6 Å². The quantitative estimate of drug-likeness (QED) is 0.801. The van der Waals surface area contributed by atoms with Crippen molar-refractivity contribution in [1.82, 2.24) is 10.2 Å². The van der Waals surface area contributed by atoms with Gasteiger partial charge in [0, 0.05) is 18.5 Å². The number of piperidine rings is 1. The molecular weight excluding hydrogens is 364 g/mol. The van der Waals surface area contributed by atoms with Gasteiger partial charge in [0.1, 0.15) is 11.6 Å². The van der Waals surface area contributed by atoms with Crippen molar-refractivity contribution < 1.29 is 18.4 Å². The first-order valence-electron chi connectivity index (χ1n) is 9.30. The standard InChI is InChI=1S/C21H23F2N3O2/c22-17-6-7-18(23)19(12-17)25-20(27)14-26-10-8-16(9-11-26)21(28)24-13-15-4-2-1-3-5-15/h1-7,12,16H,8-11,13-14H2,(H,24,28)(H,25,27). The normalized spacial score (nSPS) is 15.2. The van der Waals surface area contributed by atoms with Crippen LogP contribution in [0.25, 0.3) is 0 Å². The molecule has 0 spiro atoms. The molecule has 1 aliphatic heterocycles. The summed E-state index contributed by atoms with van der Waals surface area (Å²) in [5.74, 6) is -1.75. The van der Waals surface area contributed by atoms with Crippen LogP contribution in [0.3, 0.4) is 0 Å². The number of hydrogen-bond acceptors (Lipinski definition) is 3. The zero-order valence-electron chi connectivity index (χ0n) is 15.5. The first-order chi connectivity index (χ1) is 13.5. The van der Waals surface area contributed by atoms with Crippen molar-refractivity contribution in [2.75, 3.05) is 25.0 Å². The molecular formula is C21H23F2N3O2. The molecule has 2 N–H and O–H groups in total. The number of hydrogen-bond donors (Lipinski definition) is 2. The summed E-state index contributed by atoms with van der Waals surface area (Å²) in [7, 11) is 0. The van der Waals surface area contributed by atoms with E-state index in [1.165, 1.54) is 0 Å². The second kappa shape index (κ2) is 9.41. The van der Waals surface area contributed by atoms with E-state index in [2.05, 4.69) is 10.6 Å².